The fraction of sp³-hybridized carbons (Fsp3) is 0.500. The average molecular weight is 288 g/mol. The summed E-state index contributed by atoms with van der Waals surface area (Å²) in [6, 6.07) is 0. The van der Waals surface area contributed by atoms with Gasteiger partial charge in [0.05, 0.1) is 10.8 Å². The van der Waals surface area contributed by atoms with Crippen LogP contribution in [0.15, 0.2) is 47.6 Å². The van der Waals surface area contributed by atoms with Crippen molar-refractivity contribution in [1.29, 1.82) is 0 Å². The Balaban J connectivity index is 1.63. The molecule has 3 fully saturated rings. The van der Waals surface area contributed by atoms with Gasteiger partial charge in [0, 0.05) is 11.8 Å². The van der Waals surface area contributed by atoms with Gasteiger partial charge in [-0.25, -0.2) is 0 Å². The lowest BCUT2D eigenvalue weighted by Gasteiger charge is -2.63. The third-order valence-electron chi connectivity index (χ3n) is 8.25. The Morgan fingerprint density at radius 1 is 0.727 bits per heavy atom. The molecule has 3 saturated carbocycles. The molecule has 8 aliphatic carbocycles. The number of ketones is 2. The molecule has 0 aromatic carbocycles. The second-order valence-electron chi connectivity index (χ2n) is 8.36. The highest BCUT2D eigenvalue weighted by Gasteiger charge is 2.88. The first-order chi connectivity index (χ1) is 10.7. The smallest absolute Gasteiger partial charge is 0.167 e. The average Bonchev–Trinajstić information content (AvgIpc) is 3.25. The summed E-state index contributed by atoms with van der Waals surface area (Å²) in [5, 5.41) is 0. The Bertz CT molecular complexity index is 774. The van der Waals surface area contributed by atoms with E-state index in [0.717, 1.165) is 24.0 Å². The molecule has 4 unspecified atom stereocenters. The van der Waals surface area contributed by atoms with Crippen molar-refractivity contribution in [3.8, 4) is 0 Å². The summed E-state index contributed by atoms with van der Waals surface area (Å²) in [5.74, 6) is 2.39. The zero-order valence-electron chi connectivity index (χ0n) is 12.2. The molecule has 0 amide bonds. The van der Waals surface area contributed by atoms with E-state index in [4.69, 9.17) is 0 Å². The molecule has 8 atom stereocenters. The largest absolute Gasteiger partial charge is 0.294 e. The molecule has 108 valence electrons. The molecule has 0 aliphatic heterocycles. The van der Waals surface area contributed by atoms with E-state index in [1.54, 1.807) is 0 Å². The van der Waals surface area contributed by atoms with Crippen molar-refractivity contribution in [3.05, 3.63) is 47.6 Å². The standard InChI is InChI=1S/C20H16O2/c21-17-13-7-15-16-8-14(10-2-1-9(13)5-10)18(22)20(16)12-4-3-11(6-12)19(15,17)20/h1-4,7-12,15-16H,5-6H2/t9-,10+,11+,12-,15?,16?,19?,20?. The number of rotatable bonds is 0. The Morgan fingerprint density at radius 2 is 1.23 bits per heavy atom. The summed E-state index contributed by atoms with van der Waals surface area (Å²) in [5.41, 5.74) is 1.31. The molecule has 0 saturated heterocycles. The van der Waals surface area contributed by atoms with Gasteiger partial charge in [0.2, 0.25) is 0 Å². The van der Waals surface area contributed by atoms with Gasteiger partial charge in [0.15, 0.2) is 11.6 Å². The maximum atomic E-state index is 13.5. The SMILES string of the molecule is O=C1C2=CC3C4C=C(C(=O)C45[C@H]4C=C[C@H](C4)C135)[C@@H]1C=C[C@H]2C1. The lowest BCUT2D eigenvalue weighted by atomic mass is 9.36. The van der Waals surface area contributed by atoms with Crippen molar-refractivity contribution in [3.63, 3.8) is 0 Å². The predicted octanol–water partition coefficient (Wildman–Crippen LogP) is 2.64. The number of Topliss-reactive ketones (excluding diaryl/α,β-unsaturated/α-hetero) is 2. The summed E-state index contributed by atoms with van der Waals surface area (Å²) >= 11 is 0. The fourth-order valence-corrected chi connectivity index (χ4v) is 7.75. The molecule has 0 aromatic heterocycles. The summed E-state index contributed by atoms with van der Waals surface area (Å²) in [7, 11) is 0. The van der Waals surface area contributed by atoms with E-state index < -0.39 is 0 Å². The van der Waals surface area contributed by atoms with Crippen LogP contribution in [-0.4, -0.2) is 11.6 Å². The van der Waals surface area contributed by atoms with Crippen LogP contribution < -0.4 is 0 Å². The Hall–Kier alpha value is -1.70. The van der Waals surface area contributed by atoms with Gasteiger partial charge in [0.1, 0.15) is 0 Å². The van der Waals surface area contributed by atoms with Gasteiger partial charge in [-0.15, -0.1) is 0 Å². The Morgan fingerprint density at radius 3 is 1.73 bits per heavy atom. The van der Waals surface area contributed by atoms with Crippen molar-refractivity contribution < 1.29 is 9.59 Å². The Labute approximate surface area is 128 Å². The molecule has 0 heterocycles. The van der Waals surface area contributed by atoms with Gasteiger partial charge in [-0.3, -0.25) is 9.59 Å². The maximum absolute atomic E-state index is 13.5. The van der Waals surface area contributed by atoms with Crippen LogP contribution in [0.3, 0.4) is 0 Å². The topological polar surface area (TPSA) is 34.1 Å². The first-order valence-electron chi connectivity index (χ1n) is 8.60. The molecule has 0 aromatic rings. The third kappa shape index (κ3) is 0.687. The number of carbonyl (C=O) groups excluding carboxylic acids is 2. The van der Waals surface area contributed by atoms with Crippen molar-refractivity contribution in [1.82, 2.24) is 0 Å². The zero-order valence-corrected chi connectivity index (χ0v) is 12.2. The van der Waals surface area contributed by atoms with Crippen molar-refractivity contribution in [2.75, 3.05) is 0 Å². The zero-order chi connectivity index (χ0) is 14.4. The fourth-order valence-electron chi connectivity index (χ4n) is 7.75. The molecule has 2 spiro atoms. The minimum absolute atomic E-state index is 0.256. The lowest BCUT2D eigenvalue weighted by Crippen LogP contribution is -2.69. The highest BCUT2D eigenvalue weighted by molar-refractivity contribution is 6.17. The molecular formula is C20H16O2. The summed E-state index contributed by atoms with van der Waals surface area (Å²) in [6.45, 7) is 0. The van der Waals surface area contributed by atoms with Crippen LogP contribution in [0.2, 0.25) is 0 Å². The normalized spacial score (nSPS) is 60.2. The van der Waals surface area contributed by atoms with E-state index in [9.17, 15) is 9.59 Å². The van der Waals surface area contributed by atoms with E-state index >= 15 is 0 Å². The minimum Gasteiger partial charge on any atom is -0.294 e. The summed E-state index contributed by atoms with van der Waals surface area (Å²) in [6.07, 6.45) is 15.4. The number of carbonyl (C=O) groups is 2. The third-order valence-corrected chi connectivity index (χ3v) is 8.25. The quantitative estimate of drug-likeness (QED) is 0.642. The minimum atomic E-state index is -0.389. The number of allylic oxidation sites excluding steroid dienone is 8. The monoisotopic (exact) mass is 288 g/mol. The molecule has 8 rings (SSSR count). The van der Waals surface area contributed by atoms with Crippen molar-refractivity contribution >= 4 is 11.6 Å². The number of hydrogen-bond donors (Lipinski definition) is 0. The van der Waals surface area contributed by atoms with Gasteiger partial charge in [-0.05, 0) is 47.7 Å². The highest BCUT2D eigenvalue weighted by Crippen LogP contribution is 2.85. The van der Waals surface area contributed by atoms with Crippen molar-refractivity contribution in [2.24, 2.45) is 46.3 Å². The predicted molar refractivity (Wildman–Crippen MR) is 79.5 cm³/mol. The summed E-state index contributed by atoms with van der Waals surface area (Å²) in [4.78, 5) is 27.1. The van der Waals surface area contributed by atoms with Crippen LogP contribution >= 0.6 is 0 Å². The second kappa shape index (κ2) is 2.77. The second-order valence-corrected chi connectivity index (χ2v) is 8.36. The highest BCUT2D eigenvalue weighted by atomic mass is 16.1. The molecule has 0 N–H and O–H groups in total. The van der Waals surface area contributed by atoms with Gasteiger partial charge >= 0.3 is 0 Å². The molecule has 8 aliphatic rings. The van der Waals surface area contributed by atoms with E-state index in [-0.39, 0.29) is 22.7 Å². The molecule has 2 nitrogen and oxygen atoms in total. The molecule has 10 bridgehead atoms. The lowest BCUT2D eigenvalue weighted by molar-refractivity contribution is -0.182. The van der Waals surface area contributed by atoms with Crippen molar-refractivity contribution in [2.45, 2.75) is 12.8 Å². The van der Waals surface area contributed by atoms with Gasteiger partial charge in [-0.2, -0.15) is 0 Å². The molecule has 2 heteroatoms. The summed E-state index contributed by atoms with van der Waals surface area (Å²) < 4.78 is 0. The molecule has 22 heavy (non-hydrogen) atoms. The van der Waals surface area contributed by atoms with Crippen LogP contribution in [0.1, 0.15) is 12.8 Å². The first-order valence-corrected chi connectivity index (χ1v) is 8.60. The molecular weight excluding hydrogens is 272 g/mol. The van der Waals surface area contributed by atoms with Gasteiger partial charge in [0.25, 0.3) is 0 Å². The van der Waals surface area contributed by atoms with Crippen LogP contribution in [0, 0.1) is 46.3 Å². The number of hydrogen-bond acceptors (Lipinski definition) is 2. The van der Waals surface area contributed by atoms with Crippen LogP contribution in [0.4, 0.5) is 0 Å². The van der Waals surface area contributed by atoms with E-state index in [2.05, 4.69) is 36.5 Å². The van der Waals surface area contributed by atoms with Gasteiger partial charge < -0.3 is 0 Å². The van der Waals surface area contributed by atoms with Gasteiger partial charge in [-0.1, -0.05) is 36.5 Å². The maximum Gasteiger partial charge on any atom is 0.167 e. The first kappa shape index (κ1) is 10.9. The van der Waals surface area contributed by atoms with E-state index in [1.807, 2.05) is 0 Å². The molecule has 0 radical (unpaired) electrons. The van der Waals surface area contributed by atoms with Crippen LogP contribution in [0.5, 0.6) is 0 Å². The van der Waals surface area contributed by atoms with E-state index in [0.29, 0.717) is 35.2 Å². The van der Waals surface area contributed by atoms with Crippen LogP contribution in [0.25, 0.3) is 0 Å². The number of fused-ring (bicyclic) bond motifs is 2. The van der Waals surface area contributed by atoms with E-state index in [1.165, 1.54) is 0 Å². The Kier molecular flexibility index (Phi) is 1.38. The van der Waals surface area contributed by atoms with Crippen LogP contribution in [-0.2, 0) is 9.59 Å².